The molecule has 0 unspecified atom stereocenters. The summed E-state index contributed by atoms with van der Waals surface area (Å²) in [5, 5.41) is 5.82. The minimum Gasteiger partial charge on any atom is -0.378 e. The van der Waals surface area contributed by atoms with Crippen LogP contribution in [0.3, 0.4) is 0 Å². The number of hydrazone groups is 1. The molecule has 1 heterocycles. The molecule has 0 aliphatic carbocycles. The number of rotatable bonds is 4. The number of anilines is 2. The smallest absolute Gasteiger partial charge is 0.280 e. The first-order valence-corrected chi connectivity index (χ1v) is 8.17. The van der Waals surface area contributed by atoms with Crippen molar-refractivity contribution in [2.45, 2.75) is 6.92 Å². The van der Waals surface area contributed by atoms with Crippen LogP contribution in [0.5, 0.6) is 0 Å². The number of carbonyl (C=O) groups is 1. The molecule has 0 saturated heterocycles. The molecule has 1 aliphatic rings. The molecule has 3 rings (SSSR count). The van der Waals surface area contributed by atoms with Crippen molar-refractivity contribution in [1.29, 1.82) is 0 Å². The number of allylic oxidation sites excluding steroid dienone is 2. The van der Waals surface area contributed by atoms with Crippen LogP contribution in [0, 0.1) is 0 Å². The van der Waals surface area contributed by atoms with Crippen molar-refractivity contribution in [3.05, 3.63) is 77.9 Å². The summed E-state index contributed by atoms with van der Waals surface area (Å²) in [5.74, 6) is -0.101. The Morgan fingerprint density at radius 3 is 2.32 bits per heavy atom. The fourth-order valence-electron chi connectivity index (χ4n) is 2.59. The van der Waals surface area contributed by atoms with Crippen LogP contribution in [-0.4, -0.2) is 25.7 Å². The number of carbonyl (C=O) groups excluding carboxylic acids is 1. The van der Waals surface area contributed by atoms with Gasteiger partial charge in [0.25, 0.3) is 5.91 Å². The Labute approximate surface area is 148 Å². The summed E-state index contributed by atoms with van der Waals surface area (Å²) in [6.45, 7) is 1.85. The molecule has 1 aliphatic heterocycles. The molecule has 0 bridgehead atoms. The highest BCUT2D eigenvalue weighted by atomic mass is 16.2. The fraction of sp³-hybridized carbons (Fsp3) is 0.143. The van der Waals surface area contributed by atoms with Gasteiger partial charge in [0.15, 0.2) is 0 Å². The maximum Gasteiger partial charge on any atom is 0.280 e. The molecule has 1 amide bonds. The number of benzene rings is 2. The lowest BCUT2D eigenvalue weighted by Crippen LogP contribution is -2.21. The molecular weight excluding hydrogens is 310 g/mol. The van der Waals surface area contributed by atoms with Crippen molar-refractivity contribution < 1.29 is 4.79 Å². The first-order chi connectivity index (χ1) is 12.1. The maximum absolute atomic E-state index is 12.6. The van der Waals surface area contributed by atoms with E-state index in [9.17, 15) is 4.79 Å². The third kappa shape index (κ3) is 3.69. The quantitative estimate of drug-likeness (QED) is 0.790. The highest BCUT2D eigenvalue weighted by Gasteiger charge is 2.27. The predicted molar refractivity (Wildman–Crippen MR) is 105 cm³/mol. The molecule has 25 heavy (non-hydrogen) atoms. The molecule has 0 aromatic heterocycles. The zero-order valence-electron chi connectivity index (χ0n) is 14.7. The van der Waals surface area contributed by atoms with Crippen LogP contribution in [0.4, 0.5) is 11.4 Å². The number of nitrogens with zero attached hydrogens (tertiary/aromatic N) is 3. The highest BCUT2D eigenvalue weighted by Crippen LogP contribution is 2.23. The SMILES string of the molecule is CC1=NN(c2ccccc2)C(=O)/C1=C\C=C\c1ccc(N(C)C)cc1. The van der Waals surface area contributed by atoms with Crippen molar-refractivity contribution in [3.8, 4) is 0 Å². The summed E-state index contributed by atoms with van der Waals surface area (Å²) < 4.78 is 0. The van der Waals surface area contributed by atoms with Crippen LogP contribution in [0.25, 0.3) is 6.08 Å². The summed E-state index contributed by atoms with van der Waals surface area (Å²) >= 11 is 0. The van der Waals surface area contributed by atoms with E-state index < -0.39 is 0 Å². The number of hydrogen-bond acceptors (Lipinski definition) is 3. The second-order valence-corrected chi connectivity index (χ2v) is 6.06. The van der Waals surface area contributed by atoms with Gasteiger partial charge in [-0.3, -0.25) is 4.79 Å². The Morgan fingerprint density at radius 1 is 1.00 bits per heavy atom. The van der Waals surface area contributed by atoms with Crippen molar-refractivity contribution >= 4 is 29.1 Å². The second kappa shape index (κ2) is 7.18. The summed E-state index contributed by atoms with van der Waals surface area (Å²) in [6, 6.07) is 17.7. The van der Waals surface area contributed by atoms with Gasteiger partial charge in [0, 0.05) is 19.8 Å². The van der Waals surface area contributed by atoms with Crippen molar-refractivity contribution in [3.63, 3.8) is 0 Å². The van der Waals surface area contributed by atoms with Crippen molar-refractivity contribution in [2.75, 3.05) is 24.0 Å². The van der Waals surface area contributed by atoms with Crippen molar-refractivity contribution in [2.24, 2.45) is 5.10 Å². The zero-order valence-corrected chi connectivity index (χ0v) is 14.7. The monoisotopic (exact) mass is 331 g/mol. The molecule has 0 N–H and O–H groups in total. The Balaban J connectivity index is 1.75. The van der Waals surface area contributed by atoms with Gasteiger partial charge in [-0.25, -0.2) is 0 Å². The van der Waals surface area contributed by atoms with Gasteiger partial charge >= 0.3 is 0 Å². The van der Waals surface area contributed by atoms with Gasteiger partial charge in [-0.1, -0.05) is 42.5 Å². The lowest BCUT2D eigenvalue weighted by Gasteiger charge is -2.11. The third-order valence-corrected chi connectivity index (χ3v) is 4.02. The van der Waals surface area contributed by atoms with Gasteiger partial charge in [-0.05, 0) is 42.8 Å². The highest BCUT2D eigenvalue weighted by molar-refractivity contribution is 6.29. The molecule has 4 heteroatoms. The average molecular weight is 331 g/mol. The lowest BCUT2D eigenvalue weighted by molar-refractivity contribution is -0.114. The minimum absolute atomic E-state index is 0.101. The van der Waals surface area contributed by atoms with Gasteiger partial charge in [0.1, 0.15) is 0 Å². The van der Waals surface area contributed by atoms with Crippen LogP contribution in [-0.2, 0) is 4.79 Å². The normalized spacial score (nSPS) is 16.0. The maximum atomic E-state index is 12.6. The predicted octanol–water partition coefficient (Wildman–Crippen LogP) is 4.11. The second-order valence-electron chi connectivity index (χ2n) is 6.06. The number of hydrogen-bond donors (Lipinski definition) is 0. The lowest BCUT2D eigenvalue weighted by atomic mass is 10.1. The molecule has 126 valence electrons. The van der Waals surface area contributed by atoms with Crippen LogP contribution in [0.15, 0.2) is 77.4 Å². The largest absolute Gasteiger partial charge is 0.378 e. The molecule has 0 spiro atoms. The van der Waals surface area contributed by atoms with E-state index in [1.807, 2.05) is 69.6 Å². The number of amides is 1. The Morgan fingerprint density at radius 2 is 1.68 bits per heavy atom. The Kier molecular flexibility index (Phi) is 4.80. The molecule has 0 radical (unpaired) electrons. The first kappa shape index (κ1) is 16.7. The molecule has 0 fully saturated rings. The summed E-state index contributed by atoms with van der Waals surface area (Å²) in [4.78, 5) is 14.6. The van der Waals surface area contributed by atoms with E-state index in [1.54, 1.807) is 0 Å². The standard InChI is InChI=1S/C21H21N3O/c1-16-20(21(25)24(22-16)19-9-5-4-6-10-19)11-7-8-17-12-14-18(15-13-17)23(2)3/h4-15H,1-3H3/b8-7+,20-11-. The van der Waals surface area contributed by atoms with E-state index in [2.05, 4.69) is 34.3 Å². The topological polar surface area (TPSA) is 35.9 Å². The Hall–Kier alpha value is -3.14. The van der Waals surface area contributed by atoms with Gasteiger partial charge < -0.3 is 4.90 Å². The molecule has 0 saturated carbocycles. The molecule has 2 aromatic rings. The summed E-state index contributed by atoms with van der Waals surface area (Å²) in [6.07, 6.45) is 5.70. The third-order valence-electron chi connectivity index (χ3n) is 4.02. The number of para-hydroxylation sites is 1. The molecule has 0 atom stereocenters. The van der Waals surface area contributed by atoms with Gasteiger partial charge in [-0.15, -0.1) is 0 Å². The van der Waals surface area contributed by atoms with Crippen LogP contribution >= 0.6 is 0 Å². The van der Waals surface area contributed by atoms with E-state index in [0.717, 1.165) is 22.6 Å². The van der Waals surface area contributed by atoms with E-state index in [-0.39, 0.29) is 5.91 Å². The summed E-state index contributed by atoms with van der Waals surface area (Å²) in [5.41, 5.74) is 4.36. The molecule has 2 aromatic carbocycles. The first-order valence-electron chi connectivity index (χ1n) is 8.17. The van der Waals surface area contributed by atoms with E-state index in [1.165, 1.54) is 5.01 Å². The van der Waals surface area contributed by atoms with Crippen LogP contribution in [0.2, 0.25) is 0 Å². The summed E-state index contributed by atoms with van der Waals surface area (Å²) in [7, 11) is 4.03. The van der Waals surface area contributed by atoms with Crippen LogP contribution in [0.1, 0.15) is 12.5 Å². The van der Waals surface area contributed by atoms with Gasteiger partial charge in [0.2, 0.25) is 0 Å². The zero-order chi connectivity index (χ0) is 17.8. The molecular formula is C21H21N3O. The van der Waals surface area contributed by atoms with E-state index in [4.69, 9.17) is 0 Å². The van der Waals surface area contributed by atoms with Gasteiger partial charge in [-0.2, -0.15) is 10.1 Å². The van der Waals surface area contributed by atoms with Gasteiger partial charge in [0.05, 0.1) is 17.0 Å². The average Bonchev–Trinajstić information content (AvgIpc) is 2.91. The Bertz CT molecular complexity index is 846. The minimum atomic E-state index is -0.101. The van der Waals surface area contributed by atoms with Crippen LogP contribution < -0.4 is 9.91 Å². The molecule has 4 nitrogen and oxygen atoms in total. The fourth-order valence-corrected chi connectivity index (χ4v) is 2.59. The van der Waals surface area contributed by atoms with Crippen molar-refractivity contribution in [1.82, 2.24) is 0 Å². The van der Waals surface area contributed by atoms with E-state index in [0.29, 0.717) is 5.57 Å². The van der Waals surface area contributed by atoms with E-state index >= 15 is 0 Å².